The third-order valence-corrected chi connectivity index (χ3v) is 11.9. The predicted octanol–water partition coefficient (Wildman–Crippen LogP) is -0.608. The molecule has 3 aromatic carbocycles. The van der Waals surface area contributed by atoms with Crippen molar-refractivity contribution < 1.29 is 83.7 Å². The zero-order chi connectivity index (χ0) is 45.4. The van der Waals surface area contributed by atoms with Crippen LogP contribution in [0.5, 0.6) is 23.0 Å². The van der Waals surface area contributed by atoms with Gasteiger partial charge in [0.05, 0.1) is 42.6 Å². The van der Waals surface area contributed by atoms with Gasteiger partial charge in [0, 0.05) is 42.4 Å². The van der Waals surface area contributed by atoms with Gasteiger partial charge < -0.3 is 80.1 Å². The number of carbonyl (C=O) groups excluding carboxylic acids is 4. The summed E-state index contributed by atoms with van der Waals surface area (Å²) in [7, 11) is 5.81. The molecule has 0 spiro atoms. The third kappa shape index (κ3) is 7.24. The third-order valence-electron chi connectivity index (χ3n) is 11.9. The molecule has 7 rings (SSSR count). The lowest BCUT2D eigenvalue weighted by atomic mass is 9.74. The minimum atomic E-state index is -1.87. The molecule has 12 atom stereocenters. The van der Waals surface area contributed by atoms with E-state index in [0.717, 1.165) is 12.1 Å². The van der Waals surface area contributed by atoms with Crippen LogP contribution >= 0.6 is 0 Å². The van der Waals surface area contributed by atoms with Crippen LogP contribution in [0, 0.1) is 6.92 Å². The second-order valence-electron chi connectivity index (χ2n) is 16.0. The molecule has 2 aliphatic heterocycles. The van der Waals surface area contributed by atoms with Gasteiger partial charge in [-0.3, -0.25) is 19.2 Å². The molecule has 0 unspecified atom stereocenters. The highest BCUT2D eigenvalue weighted by molar-refractivity contribution is 6.31. The van der Waals surface area contributed by atoms with E-state index in [9.17, 15) is 60.0 Å². The molecule has 20 heteroatoms. The number of hydrogen-bond donors (Lipinski definition) is 10. The Balaban J connectivity index is 1.37. The molecule has 0 aromatic heterocycles. The summed E-state index contributed by atoms with van der Waals surface area (Å²) in [5, 5.41) is 95.7. The maximum Gasteiger partial charge on any atom is 0.255 e. The standard InChI is InChI=1S/C42H49N3O17/c1-13-8-20-26(33(52)23(13)39(56)44-14(2)40(57)45(5)6)25-18(11-19-27(34(25)53)30(49)17-9-16(58-7)10-21(46)24(17)29(19)48)31(50)37(20)61-42-36(55)38(28(43-4)15(3)60-42)62-41-35(54)32(51)22(47)12-59-41/h8-11,14-15,22,28,31-32,35-38,41-43,46-47,50-55H,12H2,1-7H3,(H,44,56)/t14-,15-,22-,28+,31+,32+,35-,36-,37+,38+,41+,42+/m1/s1. The summed E-state index contributed by atoms with van der Waals surface area (Å²) in [6.45, 7) is 4.10. The van der Waals surface area contributed by atoms with Crippen LogP contribution in [0.25, 0.3) is 11.1 Å². The van der Waals surface area contributed by atoms with Crippen LogP contribution in [0.4, 0.5) is 0 Å². The second-order valence-corrected chi connectivity index (χ2v) is 16.0. The first-order valence-electron chi connectivity index (χ1n) is 19.7. The SMILES string of the molecule is CN[C@@H]1[C@H](O[C@@H]2OC[C@@H](O)[C@H](O)[C@H]2O)[C@@H](O)[C@H](O[C@H]2c3cc(C)c(C(=O)N[C@H](C)C(=O)N(C)C)c(O)c3-c3c(cc4c(c3O)C(=O)c3cc(OC)cc(O)c3C4=O)[C@@H]2O)O[C@@H]1C. The summed E-state index contributed by atoms with van der Waals surface area (Å²) in [6.07, 6.45) is -15.4. The van der Waals surface area contributed by atoms with E-state index in [0.29, 0.717) is 0 Å². The molecular weight excluding hydrogens is 818 g/mol. The number of ketones is 2. The van der Waals surface area contributed by atoms with Crippen LogP contribution in [-0.2, 0) is 23.7 Å². The highest BCUT2D eigenvalue weighted by Gasteiger charge is 2.51. The quantitative estimate of drug-likeness (QED) is 0.100. The van der Waals surface area contributed by atoms with Crippen LogP contribution in [-0.4, -0.2) is 165 Å². The van der Waals surface area contributed by atoms with Crippen molar-refractivity contribution in [2.45, 2.75) is 94.3 Å². The Morgan fingerprint density at radius 1 is 0.839 bits per heavy atom. The lowest BCUT2D eigenvalue weighted by molar-refractivity contribution is -0.339. The minimum absolute atomic E-state index is 0.0313. The number of nitrogens with one attached hydrogen (secondary N) is 2. The van der Waals surface area contributed by atoms with Crippen LogP contribution in [0.15, 0.2) is 24.3 Å². The van der Waals surface area contributed by atoms with Crippen molar-refractivity contribution in [3.63, 3.8) is 0 Å². The number of benzene rings is 3. The van der Waals surface area contributed by atoms with Gasteiger partial charge in [0.2, 0.25) is 5.91 Å². The number of ether oxygens (including phenoxy) is 5. The van der Waals surface area contributed by atoms with Crippen molar-refractivity contribution in [2.24, 2.45) is 0 Å². The number of likely N-dealkylation sites (N-methyl/N-ethyl adjacent to an activating group) is 2. The van der Waals surface area contributed by atoms with E-state index in [1.165, 1.54) is 52.1 Å². The van der Waals surface area contributed by atoms with Gasteiger partial charge in [-0.15, -0.1) is 0 Å². The predicted molar refractivity (Wildman–Crippen MR) is 212 cm³/mol. The molecule has 4 aliphatic rings. The lowest BCUT2D eigenvalue weighted by Crippen LogP contribution is -2.65. The number of phenolic OH excluding ortho intramolecular Hbond substituents is 3. The van der Waals surface area contributed by atoms with Crippen LogP contribution in [0.1, 0.15) is 84.9 Å². The Bertz CT molecular complexity index is 2340. The average molecular weight is 868 g/mol. The molecule has 62 heavy (non-hydrogen) atoms. The Morgan fingerprint density at radius 3 is 2.13 bits per heavy atom. The van der Waals surface area contributed by atoms with Gasteiger partial charge in [-0.1, -0.05) is 6.07 Å². The first-order chi connectivity index (χ1) is 29.2. The number of aliphatic hydroxyl groups excluding tert-OH is 5. The highest BCUT2D eigenvalue weighted by Crippen LogP contribution is 2.57. The molecule has 2 fully saturated rings. The summed E-state index contributed by atoms with van der Waals surface area (Å²) < 4.78 is 29.1. The Kier molecular flexibility index (Phi) is 12.1. The van der Waals surface area contributed by atoms with E-state index in [1.807, 2.05) is 0 Å². The zero-order valence-electron chi connectivity index (χ0n) is 34.6. The fraction of sp³-hybridized carbons (Fsp3) is 0.476. The van der Waals surface area contributed by atoms with Crippen LogP contribution in [0.3, 0.4) is 0 Å². The molecule has 0 saturated carbocycles. The first kappa shape index (κ1) is 44.8. The Hall–Kier alpha value is -5.26. The molecule has 10 N–H and O–H groups in total. The normalized spacial score (nSPS) is 29.5. The average Bonchev–Trinajstić information content (AvgIpc) is 3.22. The fourth-order valence-electron chi connectivity index (χ4n) is 8.68. The maximum absolute atomic E-state index is 14.2. The second kappa shape index (κ2) is 16.8. The molecule has 0 bridgehead atoms. The monoisotopic (exact) mass is 867 g/mol. The van der Waals surface area contributed by atoms with Crippen molar-refractivity contribution in [3.05, 3.63) is 68.8 Å². The van der Waals surface area contributed by atoms with Crippen LogP contribution in [0.2, 0.25) is 0 Å². The number of amides is 2. The number of aryl methyl sites for hydroxylation is 1. The van der Waals surface area contributed by atoms with Crippen LogP contribution < -0.4 is 15.4 Å². The van der Waals surface area contributed by atoms with Crippen molar-refractivity contribution in [2.75, 3.05) is 34.9 Å². The smallest absolute Gasteiger partial charge is 0.255 e. The molecule has 2 amide bonds. The molecule has 2 heterocycles. The van der Waals surface area contributed by atoms with E-state index in [4.69, 9.17) is 23.7 Å². The number of hydrogen-bond acceptors (Lipinski definition) is 18. The summed E-state index contributed by atoms with van der Waals surface area (Å²) in [4.78, 5) is 56.1. The molecule has 0 radical (unpaired) electrons. The highest BCUT2D eigenvalue weighted by atomic mass is 16.7. The number of carbonyl (C=O) groups is 4. The van der Waals surface area contributed by atoms with Gasteiger partial charge >= 0.3 is 0 Å². The fourth-order valence-corrected chi connectivity index (χ4v) is 8.68. The maximum atomic E-state index is 14.2. The zero-order valence-corrected chi connectivity index (χ0v) is 34.6. The molecule has 2 saturated heterocycles. The first-order valence-corrected chi connectivity index (χ1v) is 19.7. The number of rotatable bonds is 9. The number of aromatic hydroxyl groups is 3. The molecule has 20 nitrogen and oxygen atoms in total. The van der Waals surface area contributed by atoms with E-state index >= 15 is 0 Å². The molecule has 3 aromatic rings. The summed E-state index contributed by atoms with van der Waals surface area (Å²) in [5.41, 5.74) is -2.92. The molecule has 2 aliphatic carbocycles. The van der Waals surface area contributed by atoms with E-state index in [-0.39, 0.29) is 44.7 Å². The summed E-state index contributed by atoms with van der Waals surface area (Å²) in [5.74, 6) is -5.38. The molecular formula is C42H49N3O17. The van der Waals surface area contributed by atoms with Gasteiger partial charge in [0.25, 0.3) is 5.91 Å². The van der Waals surface area contributed by atoms with Gasteiger partial charge in [-0.2, -0.15) is 0 Å². The molecule has 334 valence electrons. The number of methoxy groups -OCH3 is 1. The van der Waals surface area contributed by atoms with Gasteiger partial charge in [0.1, 0.15) is 71.8 Å². The van der Waals surface area contributed by atoms with E-state index < -0.39 is 137 Å². The number of nitrogens with zero attached hydrogens (tertiary/aromatic N) is 1. The number of fused-ring (bicyclic) bond motifs is 5. The summed E-state index contributed by atoms with van der Waals surface area (Å²) >= 11 is 0. The summed E-state index contributed by atoms with van der Waals surface area (Å²) in [6, 6.07) is 2.94. The Labute approximate surface area is 354 Å². The van der Waals surface area contributed by atoms with Crippen molar-refractivity contribution in [3.8, 4) is 34.1 Å². The van der Waals surface area contributed by atoms with E-state index in [2.05, 4.69) is 10.6 Å². The number of phenols is 3. The van der Waals surface area contributed by atoms with Crippen molar-refractivity contribution in [1.82, 2.24) is 15.5 Å². The largest absolute Gasteiger partial charge is 0.507 e. The topological polar surface area (TPSA) is 304 Å². The van der Waals surface area contributed by atoms with Gasteiger partial charge in [-0.25, -0.2) is 0 Å². The number of aliphatic hydroxyl groups is 5. The minimum Gasteiger partial charge on any atom is -0.507 e. The van der Waals surface area contributed by atoms with Gasteiger partial charge in [0.15, 0.2) is 24.1 Å². The van der Waals surface area contributed by atoms with Crippen molar-refractivity contribution >= 4 is 23.4 Å². The lowest BCUT2D eigenvalue weighted by Gasteiger charge is -2.47. The Morgan fingerprint density at radius 2 is 1.48 bits per heavy atom. The van der Waals surface area contributed by atoms with E-state index in [1.54, 1.807) is 14.0 Å². The van der Waals surface area contributed by atoms with Gasteiger partial charge in [-0.05, 0) is 56.6 Å². The van der Waals surface area contributed by atoms with Crippen molar-refractivity contribution in [1.29, 1.82) is 0 Å².